The zero-order chi connectivity index (χ0) is 21.6. The summed E-state index contributed by atoms with van der Waals surface area (Å²) in [6.45, 7) is 6.29. The molecule has 0 heterocycles. The van der Waals surface area contributed by atoms with Gasteiger partial charge in [-0.3, -0.25) is 4.79 Å². The summed E-state index contributed by atoms with van der Waals surface area (Å²) in [6.07, 6.45) is 0.256. The molecule has 6 heteroatoms. The molecule has 1 amide bonds. The third-order valence-corrected chi connectivity index (χ3v) is 4.63. The fourth-order valence-corrected chi connectivity index (χ4v) is 3.09. The summed E-state index contributed by atoms with van der Waals surface area (Å²) >= 11 is 0. The Hall–Kier alpha value is -2.25. The Kier molecular flexibility index (Phi) is 11.1. The fourth-order valence-electron chi connectivity index (χ4n) is 3.09. The summed E-state index contributed by atoms with van der Waals surface area (Å²) < 4.78 is 17.0. The molecule has 1 atom stereocenters. The highest BCUT2D eigenvalue weighted by atomic mass is 16.7. The second kappa shape index (κ2) is 13.9. The zero-order valence-corrected chi connectivity index (χ0v) is 18.0. The fraction of sp³-hybridized carbons (Fsp3) is 0.458. The minimum Gasteiger partial charge on any atom is -0.375 e. The summed E-state index contributed by atoms with van der Waals surface area (Å²) in [5.74, 6) is -0.164. The van der Waals surface area contributed by atoms with E-state index >= 15 is 0 Å². The lowest BCUT2D eigenvalue weighted by molar-refractivity contribution is -0.160. The predicted octanol–water partition coefficient (Wildman–Crippen LogP) is 3.00. The number of rotatable bonds is 14. The van der Waals surface area contributed by atoms with Crippen molar-refractivity contribution >= 4 is 5.91 Å². The maximum absolute atomic E-state index is 13.1. The van der Waals surface area contributed by atoms with Crippen LogP contribution in [0.5, 0.6) is 0 Å². The van der Waals surface area contributed by atoms with E-state index in [4.69, 9.17) is 19.9 Å². The Bertz CT molecular complexity index is 706. The van der Waals surface area contributed by atoms with E-state index in [1.807, 2.05) is 74.5 Å². The highest BCUT2D eigenvalue weighted by Crippen LogP contribution is 2.08. The minimum atomic E-state index is -0.742. The SMILES string of the molecule is CCOC(CN(CCc1ccccc1)C(=O)C(N)COCc1ccccc1)OCC. The molecule has 1 unspecified atom stereocenters. The topological polar surface area (TPSA) is 74.0 Å². The van der Waals surface area contributed by atoms with Crippen molar-refractivity contribution < 1.29 is 19.0 Å². The molecule has 0 saturated carbocycles. The molecule has 0 aromatic heterocycles. The molecule has 2 rings (SSSR count). The third kappa shape index (κ3) is 8.63. The maximum atomic E-state index is 13.1. The van der Waals surface area contributed by atoms with Gasteiger partial charge in [-0.05, 0) is 31.4 Å². The van der Waals surface area contributed by atoms with Crippen LogP contribution in [0, 0.1) is 0 Å². The van der Waals surface area contributed by atoms with Gasteiger partial charge in [0.05, 0.1) is 19.8 Å². The highest BCUT2D eigenvalue weighted by Gasteiger charge is 2.24. The van der Waals surface area contributed by atoms with Crippen molar-refractivity contribution in [1.82, 2.24) is 4.90 Å². The number of carbonyl (C=O) groups is 1. The number of hydrogen-bond donors (Lipinski definition) is 1. The van der Waals surface area contributed by atoms with E-state index in [1.54, 1.807) is 4.90 Å². The molecule has 0 fully saturated rings. The van der Waals surface area contributed by atoms with Crippen molar-refractivity contribution in [1.29, 1.82) is 0 Å². The van der Waals surface area contributed by atoms with Gasteiger partial charge in [-0.2, -0.15) is 0 Å². The zero-order valence-electron chi connectivity index (χ0n) is 18.0. The average Bonchev–Trinajstić information content (AvgIpc) is 2.77. The van der Waals surface area contributed by atoms with Crippen LogP contribution in [0.1, 0.15) is 25.0 Å². The van der Waals surface area contributed by atoms with Crippen LogP contribution in [0.2, 0.25) is 0 Å². The van der Waals surface area contributed by atoms with Gasteiger partial charge in [0.2, 0.25) is 5.91 Å². The maximum Gasteiger partial charge on any atom is 0.242 e. The van der Waals surface area contributed by atoms with Gasteiger partial charge < -0.3 is 24.8 Å². The lowest BCUT2D eigenvalue weighted by Gasteiger charge is -2.29. The van der Waals surface area contributed by atoms with Crippen molar-refractivity contribution in [3.05, 3.63) is 71.8 Å². The predicted molar refractivity (Wildman–Crippen MR) is 118 cm³/mol. The minimum absolute atomic E-state index is 0.156. The monoisotopic (exact) mass is 414 g/mol. The van der Waals surface area contributed by atoms with Crippen LogP contribution < -0.4 is 5.73 Å². The first kappa shape index (κ1) is 24.0. The molecular weight excluding hydrogens is 380 g/mol. The summed E-state index contributed by atoms with van der Waals surface area (Å²) in [6, 6.07) is 19.1. The first-order valence-corrected chi connectivity index (χ1v) is 10.6. The number of nitrogens with zero attached hydrogens (tertiary/aromatic N) is 1. The summed E-state index contributed by atoms with van der Waals surface area (Å²) in [4.78, 5) is 14.8. The van der Waals surface area contributed by atoms with E-state index in [-0.39, 0.29) is 12.5 Å². The first-order valence-electron chi connectivity index (χ1n) is 10.6. The van der Waals surface area contributed by atoms with Crippen LogP contribution in [-0.2, 0) is 32.0 Å². The molecule has 0 spiro atoms. The molecule has 0 bridgehead atoms. The summed E-state index contributed by atoms with van der Waals surface area (Å²) in [5, 5.41) is 0. The lowest BCUT2D eigenvalue weighted by atomic mass is 10.1. The average molecular weight is 415 g/mol. The lowest BCUT2D eigenvalue weighted by Crippen LogP contribution is -2.50. The number of carbonyl (C=O) groups excluding carboxylic acids is 1. The Balaban J connectivity index is 1.95. The second-order valence-electron chi connectivity index (χ2n) is 6.97. The van der Waals surface area contributed by atoms with Crippen molar-refractivity contribution in [2.24, 2.45) is 5.73 Å². The van der Waals surface area contributed by atoms with Crippen LogP contribution in [-0.4, -0.2) is 56.0 Å². The van der Waals surface area contributed by atoms with Crippen molar-refractivity contribution in [2.45, 2.75) is 39.2 Å². The van der Waals surface area contributed by atoms with Crippen molar-refractivity contribution in [3.8, 4) is 0 Å². The van der Waals surface area contributed by atoms with Crippen LogP contribution >= 0.6 is 0 Å². The van der Waals surface area contributed by atoms with Crippen LogP contribution in [0.4, 0.5) is 0 Å². The van der Waals surface area contributed by atoms with Crippen molar-refractivity contribution in [3.63, 3.8) is 0 Å². The first-order chi connectivity index (χ1) is 14.6. The second-order valence-corrected chi connectivity index (χ2v) is 6.97. The Labute approximate surface area is 179 Å². The molecule has 30 heavy (non-hydrogen) atoms. The van der Waals surface area contributed by atoms with Gasteiger partial charge in [0.15, 0.2) is 6.29 Å². The number of ether oxygens (including phenoxy) is 3. The number of benzene rings is 2. The third-order valence-electron chi connectivity index (χ3n) is 4.63. The number of hydrogen-bond acceptors (Lipinski definition) is 5. The molecule has 0 aliphatic heterocycles. The Morgan fingerprint density at radius 2 is 1.50 bits per heavy atom. The molecule has 0 saturated heterocycles. The van der Waals surface area contributed by atoms with Gasteiger partial charge in [0, 0.05) is 19.8 Å². The van der Waals surface area contributed by atoms with Gasteiger partial charge in [-0.1, -0.05) is 60.7 Å². The van der Waals surface area contributed by atoms with Gasteiger partial charge in [-0.25, -0.2) is 0 Å². The molecule has 2 N–H and O–H groups in total. The quantitative estimate of drug-likeness (QED) is 0.481. The Morgan fingerprint density at radius 1 is 0.933 bits per heavy atom. The number of nitrogens with two attached hydrogens (primary N) is 1. The van der Waals surface area contributed by atoms with Crippen LogP contribution in [0.25, 0.3) is 0 Å². The highest BCUT2D eigenvalue weighted by molar-refractivity contribution is 5.81. The summed E-state index contributed by atoms with van der Waals surface area (Å²) in [5.41, 5.74) is 8.38. The molecule has 0 radical (unpaired) electrons. The largest absolute Gasteiger partial charge is 0.375 e. The van der Waals surface area contributed by atoms with E-state index in [9.17, 15) is 4.79 Å². The smallest absolute Gasteiger partial charge is 0.242 e. The molecule has 6 nitrogen and oxygen atoms in total. The van der Waals surface area contributed by atoms with Gasteiger partial charge in [-0.15, -0.1) is 0 Å². The molecule has 0 aliphatic carbocycles. The molecule has 0 aliphatic rings. The standard InChI is InChI=1S/C24H34N2O4/c1-3-29-23(30-4-2)17-26(16-15-20-11-7-5-8-12-20)24(27)22(25)19-28-18-21-13-9-6-10-14-21/h5-14,22-23H,3-4,15-19,25H2,1-2H3. The van der Waals surface area contributed by atoms with Crippen molar-refractivity contribution in [2.75, 3.05) is 32.9 Å². The van der Waals surface area contributed by atoms with E-state index in [0.29, 0.717) is 32.9 Å². The van der Waals surface area contributed by atoms with Gasteiger partial charge in [0.1, 0.15) is 6.04 Å². The molecule has 2 aromatic rings. The van der Waals surface area contributed by atoms with Gasteiger partial charge in [0.25, 0.3) is 0 Å². The molecule has 164 valence electrons. The Morgan fingerprint density at radius 3 is 2.07 bits per heavy atom. The van der Waals surface area contributed by atoms with E-state index in [0.717, 1.165) is 17.5 Å². The van der Waals surface area contributed by atoms with Crippen LogP contribution in [0.3, 0.4) is 0 Å². The number of amides is 1. The molecule has 2 aromatic carbocycles. The van der Waals surface area contributed by atoms with Gasteiger partial charge >= 0.3 is 0 Å². The van der Waals surface area contributed by atoms with E-state index in [2.05, 4.69) is 0 Å². The van der Waals surface area contributed by atoms with E-state index < -0.39 is 12.3 Å². The van der Waals surface area contributed by atoms with E-state index in [1.165, 1.54) is 0 Å². The summed E-state index contributed by atoms with van der Waals surface area (Å²) in [7, 11) is 0. The molecular formula is C24H34N2O4. The van der Waals surface area contributed by atoms with Crippen LogP contribution in [0.15, 0.2) is 60.7 Å². The normalized spacial score (nSPS) is 12.1.